The van der Waals surface area contributed by atoms with E-state index in [9.17, 15) is 4.79 Å². The molecule has 0 aliphatic carbocycles. The first-order valence-electron chi connectivity index (χ1n) is 6.32. The summed E-state index contributed by atoms with van der Waals surface area (Å²) in [4.78, 5) is 13.9. The molecule has 2 rings (SSSR count). The Morgan fingerprint density at radius 2 is 2.50 bits per heavy atom. The van der Waals surface area contributed by atoms with E-state index in [-0.39, 0.29) is 18.7 Å². The summed E-state index contributed by atoms with van der Waals surface area (Å²) in [5.74, 6) is 1.10. The van der Waals surface area contributed by atoms with Crippen LogP contribution in [0.3, 0.4) is 0 Å². The predicted molar refractivity (Wildman–Crippen MR) is 66.3 cm³/mol. The Morgan fingerprint density at radius 3 is 3.17 bits per heavy atom. The molecule has 1 aliphatic heterocycles. The Labute approximate surface area is 106 Å². The van der Waals surface area contributed by atoms with Gasteiger partial charge in [0.2, 0.25) is 0 Å². The summed E-state index contributed by atoms with van der Waals surface area (Å²) >= 11 is 0. The van der Waals surface area contributed by atoms with E-state index in [1.807, 2.05) is 0 Å². The average molecular weight is 253 g/mol. The van der Waals surface area contributed by atoms with E-state index in [2.05, 4.69) is 10.5 Å². The molecule has 1 atom stereocenters. The molecule has 1 aliphatic rings. The maximum absolute atomic E-state index is 12.1. The second-order valence-corrected chi connectivity index (χ2v) is 4.61. The van der Waals surface area contributed by atoms with Crippen molar-refractivity contribution in [2.75, 3.05) is 18.5 Å². The van der Waals surface area contributed by atoms with Crippen molar-refractivity contribution in [2.45, 2.75) is 38.6 Å². The fraction of sp³-hybridized carbons (Fsp3) is 0.667. The number of rotatable bonds is 3. The molecular formula is C12H19N3O3. The molecule has 2 N–H and O–H groups in total. The van der Waals surface area contributed by atoms with Gasteiger partial charge in [-0.2, -0.15) is 0 Å². The number of carbonyl (C=O) groups is 1. The molecule has 1 fully saturated rings. The number of urea groups is 1. The van der Waals surface area contributed by atoms with Gasteiger partial charge in [0, 0.05) is 25.3 Å². The number of aryl methyl sites for hydroxylation is 1. The molecule has 1 saturated heterocycles. The van der Waals surface area contributed by atoms with Crippen LogP contribution in [-0.4, -0.2) is 40.4 Å². The summed E-state index contributed by atoms with van der Waals surface area (Å²) < 4.78 is 4.90. The number of aliphatic hydroxyl groups is 1. The second kappa shape index (κ2) is 5.86. The molecule has 0 saturated carbocycles. The van der Waals surface area contributed by atoms with Gasteiger partial charge in [0.1, 0.15) is 5.76 Å². The molecule has 1 aromatic rings. The van der Waals surface area contributed by atoms with Crippen LogP contribution in [-0.2, 0) is 0 Å². The lowest BCUT2D eigenvalue weighted by Gasteiger charge is -2.35. The maximum atomic E-state index is 12.1. The Bertz CT molecular complexity index is 403. The van der Waals surface area contributed by atoms with E-state index >= 15 is 0 Å². The number of aliphatic hydroxyl groups excluding tert-OH is 1. The smallest absolute Gasteiger partial charge is 0.323 e. The molecule has 6 heteroatoms. The highest BCUT2D eigenvalue weighted by Gasteiger charge is 2.26. The van der Waals surface area contributed by atoms with Crippen molar-refractivity contribution < 1.29 is 14.4 Å². The van der Waals surface area contributed by atoms with Crippen LogP contribution in [0.15, 0.2) is 10.6 Å². The fourth-order valence-electron chi connectivity index (χ4n) is 2.32. The van der Waals surface area contributed by atoms with Gasteiger partial charge in [-0.15, -0.1) is 0 Å². The van der Waals surface area contributed by atoms with Crippen molar-refractivity contribution in [1.29, 1.82) is 0 Å². The van der Waals surface area contributed by atoms with Gasteiger partial charge >= 0.3 is 6.03 Å². The maximum Gasteiger partial charge on any atom is 0.323 e. The van der Waals surface area contributed by atoms with Gasteiger partial charge in [-0.05, 0) is 32.6 Å². The van der Waals surface area contributed by atoms with Crippen molar-refractivity contribution >= 4 is 11.8 Å². The first-order valence-corrected chi connectivity index (χ1v) is 6.32. The standard InChI is InChI=1S/C12H19N3O3/c1-9-8-11(14-18-9)13-12(17)15-6-3-2-4-10(15)5-7-16/h8,10,16H,2-7H2,1H3,(H,13,14,17). The zero-order valence-corrected chi connectivity index (χ0v) is 10.6. The lowest BCUT2D eigenvalue weighted by atomic mass is 10.0. The number of piperidine rings is 1. The summed E-state index contributed by atoms with van der Waals surface area (Å²) in [5, 5.41) is 15.5. The molecule has 1 aromatic heterocycles. The summed E-state index contributed by atoms with van der Waals surface area (Å²) in [6, 6.07) is 1.64. The van der Waals surface area contributed by atoms with Gasteiger partial charge in [-0.1, -0.05) is 5.16 Å². The Kier molecular flexibility index (Phi) is 4.19. The van der Waals surface area contributed by atoms with Gasteiger partial charge < -0.3 is 14.5 Å². The SMILES string of the molecule is Cc1cc(NC(=O)N2CCCCC2CCO)no1. The first-order chi connectivity index (χ1) is 8.70. The summed E-state index contributed by atoms with van der Waals surface area (Å²) in [5.41, 5.74) is 0. The number of amides is 2. The second-order valence-electron chi connectivity index (χ2n) is 4.61. The highest BCUT2D eigenvalue weighted by Crippen LogP contribution is 2.20. The van der Waals surface area contributed by atoms with Crippen LogP contribution in [0.4, 0.5) is 10.6 Å². The van der Waals surface area contributed by atoms with Crippen molar-refractivity contribution in [3.8, 4) is 0 Å². The van der Waals surface area contributed by atoms with E-state index in [4.69, 9.17) is 9.63 Å². The third-order valence-electron chi connectivity index (χ3n) is 3.21. The fourth-order valence-corrected chi connectivity index (χ4v) is 2.32. The third kappa shape index (κ3) is 3.01. The lowest BCUT2D eigenvalue weighted by Crippen LogP contribution is -2.46. The van der Waals surface area contributed by atoms with E-state index in [0.717, 1.165) is 25.8 Å². The quantitative estimate of drug-likeness (QED) is 0.860. The lowest BCUT2D eigenvalue weighted by molar-refractivity contribution is 0.141. The normalized spacial score (nSPS) is 19.9. The van der Waals surface area contributed by atoms with Crippen molar-refractivity contribution in [1.82, 2.24) is 10.1 Å². The number of likely N-dealkylation sites (tertiary alicyclic amines) is 1. The number of anilines is 1. The van der Waals surface area contributed by atoms with Crippen LogP contribution in [0.1, 0.15) is 31.4 Å². The molecule has 0 aromatic carbocycles. The monoisotopic (exact) mass is 253 g/mol. The molecule has 0 bridgehead atoms. The van der Waals surface area contributed by atoms with E-state index in [0.29, 0.717) is 18.0 Å². The minimum absolute atomic E-state index is 0.109. The van der Waals surface area contributed by atoms with Gasteiger partial charge in [0.25, 0.3) is 0 Å². The van der Waals surface area contributed by atoms with Crippen LogP contribution in [0, 0.1) is 6.92 Å². The number of hydrogen-bond donors (Lipinski definition) is 2. The minimum atomic E-state index is -0.165. The van der Waals surface area contributed by atoms with Crippen molar-refractivity contribution in [2.24, 2.45) is 0 Å². The number of carbonyl (C=O) groups excluding carboxylic acids is 1. The summed E-state index contributed by atoms with van der Waals surface area (Å²) in [6.07, 6.45) is 3.70. The minimum Gasteiger partial charge on any atom is -0.396 e. The first kappa shape index (κ1) is 12.9. The van der Waals surface area contributed by atoms with Crippen LogP contribution in [0.25, 0.3) is 0 Å². The Morgan fingerprint density at radius 1 is 1.67 bits per heavy atom. The largest absolute Gasteiger partial charge is 0.396 e. The molecule has 18 heavy (non-hydrogen) atoms. The molecule has 6 nitrogen and oxygen atoms in total. The molecule has 0 radical (unpaired) electrons. The van der Waals surface area contributed by atoms with Gasteiger partial charge in [0.15, 0.2) is 5.82 Å². The van der Waals surface area contributed by atoms with Gasteiger partial charge in [-0.3, -0.25) is 5.32 Å². The molecule has 2 heterocycles. The van der Waals surface area contributed by atoms with Gasteiger partial charge in [-0.25, -0.2) is 4.79 Å². The van der Waals surface area contributed by atoms with Crippen molar-refractivity contribution in [3.63, 3.8) is 0 Å². The average Bonchev–Trinajstić information content (AvgIpc) is 2.76. The molecule has 100 valence electrons. The Hall–Kier alpha value is -1.56. The van der Waals surface area contributed by atoms with Crippen LogP contribution < -0.4 is 5.32 Å². The highest BCUT2D eigenvalue weighted by atomic mass is 16.5. The third-order valence-corrected chi connectivity index (χ3v) is 3.21. The topological polar surface area (TPSA) is 78.6 Å². The summed E-state index contributed by atoms with van der Waals surface area (Å²) in [7, 11) is 0. The number of aromatic nitrogens is 1. The number of hydrogen-bond acceptors (Lipinski definition) is 4. The van der Waals surface area contributed by atoms with Crippen LogP contribution >= 0.6 is 0 Å². The predicted octanol–water partition coefficient (Wildman–Crippen LogP) is 1.75. The zero-order chi connectivity index (χ0) is 13.0. The van der Waals surface area contributed by atoms with E-state index in [1.165, 1.54) is 0 Å². The molecular weight excluding hydrogens is 234 g/mol. The summed E-state index contributed by atoms with van der Waals surface area (Å²) in [6.45, 7) is 2.61. The van der Waals surface area contributed by atoms with E-state index < -0.39 is 0 Å². The highest BCUT2D eigenvalue weighted by molar-refractivity contribution is 5.88. The molecule has 2 amide bonds. The molecule has 0 spiro atoms. The Balaban J connectivity index is 1.97. The molecule has 1 unspecified atom stereocenters. The zero-order valence-electron chi connectivity index (χ0n) is 10.6. The van der Waals surface area contributed by atoms with Crippen LogP contribution in [0.2, 0.25) is 0 Å². The van der Waals surface area contributed by atoms with Crippen LogP contribution in [0.5, 0.6) is 0 Å². The number of nitrogens with one attached hydrogen (secondary N) is 1. The van der Waals surface area contributed by atoms with E-state index in [1.54, 1.807) is 17.9 Å². The van der Waals surface area contributed by atoms with Gasteiger partial charge in [0.05, 0.1) is 0 Å². The van der Waals surface area contributed by atoms with Crippen molar-refractivity contribution in [3.05, 3.63) is 11.8 Å². The number of nitrogens with zero attached hydrogens (tertiary/aromatic N) is 2.